The molecule has 2 N–H and O–H groups in total. The van der Waals surface area contributed by atoms with Crippen molar-refractivity contribution in [3.8, 4) is 0 Å². The van der Waals surface area contributed by atoms with Gasteiger partial charge in [-0.3, -0.25) is 4.90 Å². The molecule has 2 atom stereocenters. The van der Waals surface area contributed by atoms with Crippen LogP contribution in [0.15, 0.2) is 30.3 Å². The first-order valence-corrected chi connectivity index (χ1v) is 6.88. The van der Waals surface area contributed by atoms with Crippen molar-refractivity contribution in [2.75, 3.05) is 26.3 Å². The number of aryl methyl sites for hydroxylation is 1. The molecule has 0 aromatic heterocycles. The molecule has 0 saturated carbocycles. The maximum Gasteiger partial charge on any atom is 0.0619 e. The molecule has 1 fully saturated rings. The van der Waals surface area contributed by atoms with E-state index in [-0.39, 0.29) is 0 Å². The number of nitrogens with two attached hydrogens (primary N) is 1. The molecule has 1 saturated heterocycles. The molecule has 1 heterocycles. The molecule has 3 nitrogen and oxygen atoms in total. The second-order valence-corrected chi connectivity index (χ2v) is 5.08. The molecule has 0 spiro atoms. The first kappa shape index (κ1) is 13.5. The van der Waals surface area contributed by atoms with Crippen LogP contribution in [0.2, 0.25) is 0 Å². The minimum Gasteiger partial charge on any atom is -0.379 e. The smallest absolute Gasteiger partial charge is 0.0619 e. The van der Waals surface area contributed by atoms with Crippen LogP contribution in [0.1, 0.15) is 18.9 Å². The van der Waals surface area contributed by atoms with Crippen molar-refractivity contribution in [3.63, 3.8) is 0 Å². The minimum atomic E-state index is 0.476. The lowest BCUT2D eigenvalue weighted by Gasteiger charge is -2.39. The van der Waals surface area contributed by atoms with Crippen LogP contribution in [0.4, 0.5) is 0 Å². The molecule has 2 unspecified atom stereocenters. The number of morpholine rings is 1. The Balaban J connectivity index is 1.88. The summed E-state index contributed by atoms with van der Waals surface area (Å²) < 4.78 is 5.49. The number of nitrogens with zero attached hydrogens (tertiary/aromatic N) is 1. The van der Waals surface area contributed by atoms with E-state index in [1.54, 1.807) is 0 Å². The topological polar surface area (TPSA) is 38.5 Å². The Morgan fingerprint density at radius 3 is 2.83 bits per heavy atom. The average molecular weight is 248 g/mol. The van der Waals surface area contributed by atoms with Crippen molar-refractivity contribution in [3.05, 3.63) is 35.9 Å². The number of rotatable bonds is 5. The molecule has 1 aliphatic rings. The fourth-order valence-electron chi connectivity index (χ4n) is 2.68. The highest BCUT2D eigenvalue weighted by Gasteiger charge is 2.25. The quantitative estimate of drug-likeness (QED) is 0.861. The zero-order chi connectivity index (χ0) is 12.8. The molecule has 18 heavy (non-hydrogen) atoms. The van der Waals surface area contributed by atoms with Gasteiger partial charge >= 0.3 is 0 Å². The number of ether oxygens (including phenoxy) is 1. The van der Waals surface area contributed by atoms with Gasteiger partial charge in [-0.2, -0.15) is 0 Å². The molecule has 0 amide bonds. The molecule has 100 valence electrons. The Hall–Kier alpha value is -0.900. The summed E-state index contributed by atoms with van der Waals surface area (Å²) in [7, 11) is 0. The molecule has 1 aromatic carbocycles. The van der Waals surface area contributed by atoms with Gasteiger partial charge in [-0.1, -0.05) is 30.3 Å². The van der Waals surface area contributed by atoms with E-state index < -0.39 is 0 Å². The van der Waals surface area contributed by atoms with E-state index in [0.29, 0.717) is 12.1 Å². The van der Waals surface area contributed by atoms with Gasteiger partial charge in [0.25, 0.3) is 0 Å². The van der Waals surface area contributed by atoms with Gasteiger partial charge in [0.05, 0.1) is 13.2 Å². The SMILES string of the molecule is CC1COCCN1C(CN)CCc1ccccc1. The highest BCUT2D eigenvalue weighted by molar-refractivity contribution is 5.14. The van der Waals surface area contributed by atoms with E-state index in [0.717, 1.165) is 39.1 Å². The second kappa shape index (κ2) is 6.88. The summed E-state index contributed by atoms with van der Waals surface area (Å²) in [4.78, 5) is 2.51. The summed E-state index contributed by atoms with van der Waals surface area (Å²) in [5.41, 5.74) is 7.35. The highest BCUT2D eigenvalue weighted by atomic mass is 16.5. The first-order chi connectivity index (χ1) is 8.81. The summed E-state index contributed by atoms with van der Waals surface area (Å²) in [6, 6.07) is 11.6. The molecule has 0 aliphatic carbocycles. The summed E-state index contributed by atoms with van der Waals surface area (Å²) in [5, 5.41) is 0. The van der Waals surface area contributed by atoms with E-state index in [1.165, 1.54) is 5.56 Å². The third-order valence-electron chi connectivity index (χ3n) is 3.77. The fraction of sp³-hybridized carbons (Fsp3) is 0.600. The summed E-state index contributed by atoms with van der Waals surface area (Å²) in [6.45, 7) is 5.65. The largest absolute Gasteiger partial charge is 0.379 e. The normalized spacial score (nSPS) is 22.9. The first-order valence-electron chi connectivity index (χ1n) is 6.88. The summed E-state index contributed by atoms with van der Waals surface area (Å²) >= 11 is 0. The predicted molar refractivity (Wildman–Crippen MR) is 74.6 cm³/mol. The average Bonchev–Trinajstić information content (AvgIpc) is 2.42. The maximum atomic E-state index is 5.95. The van der Waals surface area contributed by atoms with E-state index >= 15 is 0 Å². The predicted octanol–water partition coefficient (Wildman–Crippen LogP) is 1.67. The van der Waals surface area contributed by atoms with Crippen LogP contribution < -0.4 is 5.73 Å². The molecule has 1 aromatic rings. The van der Waals surface area contributed by atoms with Crippen LogP contribution in [0, 0.1) is 0 Å². The molecule has 3 heteroatoms. The Bertz CT molecular complexity index is 342. The van der Waals surface area contributed by atoms with Crippen molar-refractivity contribution >= 4 is 0 Å². The van der Waals surface area contributed by atoms with Crippen molar-refractivity contribution in [1.82, 2.24) is 4.90 Å². The number of benzene rings is 1. The monoisotopic (exact) mass is 248 g/mol. The van der Waals surface area contributed by atoms with Crippen LogP contribution in [0.3, 0.4) is 0 Å². The van der Waals surface area contributed by atoms with Crippen molar-refractivity contribution in [2.24, 2.45) is 5.73 Å². The lowest BCUT2D eigenvalue weighted by Crippen LogP contribution is -2.52. The van der Waals surface area contributed by atoms with Gasteiger partial charge < -0.3 is 10.5 Å². The molecular formula is C15H24N2O. The van der Waals surface area contributed by atoms with Crippen LogP contribution in [0.25, 0.3) is 0 Å². The van der Waals surface area contributed by atoms with Crippen LogP contribution in [-0.4, -0.2) is 43.3 Å². The molecule has 0 radical (unpaired) electrons. The summed E-state index contributed by atoms with van der Waals surface area (Å²) in [5.74, 6) is 0. The van der Waals surface area contributed by atoms with Gasteiger partial charge in [-0.05, 0) is 25.3 Å². The van der Waals surface area contributed by atoms with Gasteiger partial charge in [-0.25, -0.2) is 0 Å². The maximum absolute atomic E-state index is 5.95. The molecule has 0 bridgehead atoms. The molecular weight excluding hydrogens is 224 g/mol. The third-order valence-corrected chi connectivity index (χ3v) is 3.77. The zero-order valence-electron chi connectivity index (χ0n) is 11.2. The molecule has 1 aliphatic heterocycles. The van der Waals surface area contributed by atoms with Gasteiger partial charge in [-0.15, -0.1) is 0 Å². The Kier molecular flexibility index (Phi) is 5.17. The number of hydrogen-bond donors (Lipinski definition) is 1. The van der Waals surface area contributed by atoms with Crippen LogP contribution >= 0.6 is 0 Å². The van der Waals surface area contributed by atoms with E-state index in [1.807, 2.05) is 0 Å². The lowest BCUT2D eigenvalue weighted by molar-refractivity contribution is -0.0217. The van der Waals surface area contributed by atoms with Crippen LogP contribution in [0.5, 0.6) is 0 Å². The van der Waals surface area contributed by atoms with Gasteiger partial charge in [0.2, 0.25) is 0 Å². The van der Waals surface area contributed by atoms with Gasteiger partial charge in [0.1, 0.15) is 0 Å². The second-order valence-electron chi connectivity index (χ2n) is 5.08. The fourth-order valence-corrected chi connectivity index (χ4v) is 2.68. The van der Waals surface area contributed by atoms with E-state index in [4.69, 9.17) is 10.5 Å². The highest BCUT2D eigenvalue weighted by Crippen LogP contribution is 2.15. The Morgan fingerprint density at radius 1 is 1.39 bits per heavy atom. The van der Waals surface area contributed by atoms with Crippen molar-refractivity contribution in [2.45, 2.75) is 31.8 Å². The van der Waals surface area contributed by atoms with Crippen molar-refractivity contribution in [1.29, 1.82) is 0 Å². The molecule has 2 rings (SSSR count). The van der Waals surface area contributed by atoms with Crippen molar-refractivity contribution < 1.29 is 4.74 Å². The van der Waals surface area contributed by atoms with Gasteiger partial charge in [0.15, 0.2) is 0 Å². The van der Waals surface area contributed by atoms with Crippen LogP contribution in [-0.2, 0) is 11.2 Å². The zero-order valence-corrected chi connectivity index (χ0v) is 11.2. The lowest BCUT2D eigenvalue weighted by atomic mass is 10.0. The standard InChI is InChI=1S/C15H24N2O/c1-13-12-18-10-9-17(13)15(11-16)8-7-14-5-3-2-4-6-14/h2-6,13,15H,7-12,16H2,1H3. The summed E-state index contributed by atoms with van der Waals surface area (Å²) in [6.07, 6.45) is 2.23. The van der Waals surface area contributed by atoms with E-state index in [9.17, 15) is 0 Å². The van der Waals surface area contributed by atoms with E-state index in [2.05, 4.69) is 42.2 Å². The minimum absolute atomic E-state index is 0.476. The van der Waals surface area contributed by atoms with Gasteiger partial charge in [0, 0.05) is 25.2 Å². The Labute approximate surface area is 110 Å². The number of hydrogen-bond acceptors (Lipinski definition) is 3. The Morgan fingerprint density at radius 2 is 2.17 bits per heavy atom. The third kappa shape index (κ3) is 3.55.